The molecule has 1 aromatic rings. The van der Waals surface area contributed by atoms with Gasteiger partial charge in [-0.3, -0.25) is 4.68 Å². The lowest BCUT2D eigenvalue weighted by atomic mass is 9.85. The van der Waals surface area contributed by atoms with Crippen LogP contribution in [0.2, 0.25) is 0 Å². The molecule has 0 unspecified atom stereocenters. The molecule has 1 heterocycles. The van der Waals surface area contributed by atoms with Crippen LogP contribution in [0.3, 0.4) is 0 Å². The van der Waals surface area contributed by atoms with E-state index in [1.807, 2.05) is 4.68 Å². The molecule has 0 spiro atoms. The number of hydrogen-bond acceptors (Lipinski definition) is 3. The van der Waals surface area contributed by atoms with Gasteiger partial charge in [-0.1, -0.05) is 6.42 Å². The van der Waals surface area contributed by atoms with Crippen molar-refractivity contribution in [1.29, 1.82) is 0 Å². The molecule has 0 aromatic carbocycles. The molecule has 4 heteroatoms. The molecule has 1 aromatic heterocycles. The molecule has 1 fully saturated rings. The van der Waals surface area contributed by atoms with E-state index in [2.05, 4.69) is 57.1 Å². The maximum absolute atomic E-state index is 4.62. The molecule has 1 aliphatic carbocycles. The number of rotatable bonds is 5. The van der Waals surface area contributed by atoms with Gasteiger partial charge in [0.2, 0.25) is 0 Å². The Morgan fingerprint density at radius 3 is 2.50 bits per heavy atom. The highest BCUT2D eigenvalue weighted by Gasteiger charge is 2.23. The average Bonchev–Trinajstić information content (AvgIpc) is 2.54. The Bertz CT molecular complexity index is 452. The predicted octanol–water partition coefficient (Wildman–Crippen LogP) is 2.85. The van der Waals surface area contributed by atoms with Crippen LogP contribution in [0.4, 0.5) is 5.82 Å². The van der Waals surface area contributed by atoms with Gasteiger partial charge in [0.25, 0.3) is 0 Å². The fourth-order valence-corrected chi connectivity index (χ4v) is 2.88. The van der Waals surface area contributed by atoms with E-state index in [4.69, 9.17) is 0 Å². The number of anilines is 1. The minimum atomic E-state index is 0.131. The first kappa shape index (κ1) is 15.4. The number of aryl methyl sites for hydroxylation is 2. The Morgan fingerprint density at radius 1 is 1.35 bits per heavy atom. The predicted molar refractivity (Wildman–Crippen MR) is 85.1 cm³/mol. The van der Waals surface area contributed by atoms with Gasteiger partial charge in [-0.05, 0) is 46.5 Å². The lowest BCUT2D eigenvalue weighted by Crippen LogP contribution is -2.36. The summed E-state index contributed by atoms with van der Waals surface area (Å²) in [5.74, 6) is 2.14. The summed E-state index contributed by atoms with van der Waals surface area (Å²) in [5.41, 5.74) is 2.61. The van der Waals surface area contributed by atoms with E-state index < -0.39 is 0 Å². The highest BCUT2D eigenvalue weighted by molar-refractivity contribution is 5.49. The van der Waals surface area contributed by atoms with E-state index in [-0.39, 0.29) is 5.54 Å². The van der Waals surface area contributed by atoms with Crippen LogP contribution in [-0.2, 0) is 13.6 Å². The number of aromatic nitrogens is 2. The Morgan fingerprint density at radius 2 is 2.00 bits per heavy atom. The van der Waals surface area contributed by atoms with Gasteiger partial charge in [0.15, 0.2) is 0 Å². The van der Waals surface area contributed by atoms with Crippen molar-refractivity contribution >= 4 is 5.82 Å². The largest absolute Gasteiger partial charge is 0.359 e. The smallest absolute Gasteiger partial charge is 0.131 e. The van der Waals surface area contributed by atoms with Gasteiger partial charge in [-0.25, -0.2) is 0 Å². The van der Waals surface area contributed by atoms with E-state index in [0.29, 0.717) is 0 Å². The van der Waals surface area contributed by atoms with Crippen LogP contribution in [-0.4, -0.2) is 28.9 Å². The second kappa shape index (κ2) is 5.76. The molecule has 0 saturated heterocycles. The SMILES string of the molecule is Cc1nn(C)c(N(C)CC2CCC2)c1CNC(C)(C)C. The fraction of sp³-hybridized carbons (Fsp3) is 0.812. The second-order valence-electron chi connectivity index (χ2n) is 7.29. The van der Waals surface area contributed by atoms with Crippen molar-refractivity contribution in [3.63, 3.8) is 0 Å². The second-order valence-corrected chi connectivity index (χ2v) is 7.29. The minimum absolute atomic E-state index is 0.131. The summed E-state index contributed by atoms with van der Waals surface area (Å²) < 4.78 is 2.04. The van der Waals surface area contributed by atoms with Crippen molar-refractivity contribution in [3.05, 3.63) is 11.3 Å². The average molecular weight is 278 g/mol. The van der Waals surface area contributed by atoms with E-state index in [9.17, 15) is 0 Å². The van der Waals surface area contributed by atoms with Crippen LogP contribution in [0.15, 0.2) is 0 Å². The van der Waals surface area contributed by atoms with E-state index >= 15 is 0 Å². The van der Waals surface area contributed by atoms with Gasteiger partial charge in [0.1, 0.15) is 5.82 Å². The molecule has 4 nitrogen and oxygen atoms in total. The van der Waals surface area contributed by atoms with Crippen LogP contribution < -0.4 is 10.2 Å². The Hall–Kier alpha value is -1.03. The van der Waals surface area contributed by atoms with Crippen molar-refractivity contribution in [2.24, 2.45) is 13.0 Å². The third-order valence-corrected chi connectivity index (χ3v) is 4.23. The molecule has 0 aliphatic heterocycles. The zero-order valence-electron chi connectivity index (χ0n) is 14.0. The molecule has 1 saturated carbocycles. The van der Waals surface area contributed by atoms with Crippen molar-refractivity contribution in [2.45, 2.75) is 59.0 Å². The van der Waals surface area contributed by atoms with Crippen LogP contribution in [0.1, 0.15) is 51.3 Å². The van der Waals surface area contributed by atoms with Crippen LogP contribution >= 0.6 is 0 Å². The zero-order valence-corrected chi connectivity index (χ0v) is 14.0. The lowest BCUT2D eigenvalue weighted by molar-refractivity contribution is 0.320. The van der Waals surface area contributed by atoms with Crippen molar-refractivity contribution in [3.8, 4) is 0 Å². The summed E-state index contributed by atoms with van der Waals surface area (Å²) in [4.78, 5) is 2.39. The first-order valence-corrected chi connectivity index (χ1v) is 7.76. The van der Waals surface area contributed by atoms with Gasteiger partial charge in [-0.15, -0.1) is 0 Å². The first-order valence-electron chi connectivity index (χ1n) is 7.76. The third kappa shape index (κ3) is 3.54. The van der Waals surface area contributed by atoms with Crippen LogP contribution in [0.5, 0.6) is 0 Å². The van der Waals surface area contributed by atoms with Gasteiger partial charge in [0, 0.05) is 38.3 Å². The molecule has 20 heavy (non-hydrogen) atoms. The highest BCUT2D eigenvalue weighted by Crippen LogP contribution is 2.30. The van der Waals surface area contributed by atoms with Gasteiger partial charge >= 0.3 is 0 Å². The summed E-state index contributed by atoms with van der Waals surface area (Å²) >= 11 is 0. The maximum Gasteiger partial charge on any atom is 0.131 e. The monoisotopic (exact) mass is 278 g/mol. The Labute approximate surface area is 123 Å². The molecule has 0 radical (unpaired) electrons. The minimum Gasteiger partial charge on any atom is -0.359 e. The lowest BCUT2D eigenvalue weighted by Gasteiger charge is -2.32. The fourth-order valence-electron chi connectivity index (χ4n) is 2.88. The topological polar surface area (TPSA) is 33.1 Å². The van der Waals surface area contributed by atoms with Crippen LogP contribution in [0, 0.1) is 12.8 Å². The molecule has 2 rings (SSSR count). The first-order chi connectivity index (χ1) is 9.28. The molecule has 0 bridgehead atoms. The zero-order chi connectivity index (χ0) is 14.9. The third-order valence-electron chi connectivity index (χ3n) is 4.23. The highest BCUT2D eigenvalue weighted by atomic mass is 15.4. The number of hydrogen-bond donors (Lipinski definition) is 1. The van der Waals surface area contributed by atoms with E-state index in [0.717, 1.165) is 24.7 Å². The maximum atomic E-state index is 4.62. The molecular weight excluding hydrogens is 248 g/mol. The Kier molecular flexibility index (Phi) is 4.43. The normalized spacial score (nSPS) is 16.3. The summed E-state index contributed by atoms with van der Waals surface area (Å²) in [5, 5.41) is 8.21. The quantitative estimate of drug-likeness (QED) is 0.899. The van der Waals surface area contributed by atoms with Gasteiger partial charge in [0.05, 0.1) is 5.69 Å². The molecule has 0 atom stereocenters. The van der Waals surface area contributed by atoms with E-state index in [1.54, 1.807) is 0 Å². The molecule has 114 valence electrons. The standard InChI is InChI=1S/C16H30N4/c1-12-14(10-17-16(2,3)4)15(20(6)18-12)19(5)11-13-8-7-9-13/h13,17H,7-11H2,1-6H3. The Balaban J connectivity index is 2.13. The van der Waals surface area contributed by atoms with Crippen molar-refractivity contribution in [1.82, 2.24) is 15.1 Å². The molecular formula is C16H30N4. The summed E-state index contributed by atoms with van der Waals surface area (Å²) in [6.07, 6.45) is 4.18. The number of nitrogens with zero attached hydrogens (tertiary/aromatic N) is 3. The van der Waals surface area contributed by atoms with Crippen LogP contribution in [0.25, 0.3) is 0 Å². The molecule has 1 aliphatic rings. The molecule has 1 N–H and O–H groups in total. The van der Waals surface area contributed by atoms with E-state index in [1.165, 1.54) is 30.6 Å². The van der Waals surface area contributed by atoms with Gasteiger partial charge in [-0.2, -0.15) is 5.10 Å². The number of nitrogens with one attached hydrogen (secondary N) is 1. The van der Waals surface area contributed by atoms with Crippen molar-refractivity contribution < 1.29 is 0 Å². The summed E-state index contributed by atoms with van der Waals surface area (Å²) in [6, 6.07) is 0. The van der Waals surface area contributed by atoms with Crippen molar-refractivity contribution in [2.75, 3.05) is 18.5 Å². The molecule has 0 amide bonds. The summed E-state index contributed by atoms with van der Waals surface area (Å²) in [6.45, 7) is 10.8. The van der Waals surface area contributed by atoms with Gasteiger partial charge < -0.3 is 10.2 Å². The summed E-state index contributed by atoms with van der Waals surface area (Å²) in [7, 11) is 4.26.